The second-order valence-corrected chi connectivity index (χ2v) is 5.58. The molecule has 1 aliphatic rings. The Bertz CT molecular complexity index is 404. The van der Waals surface area contributed by atoms with Gasteiger partial charge in [0.15, 0.2) is 0 Å². The van der Waals surface area contributed by atoms with Gasteiger partial charge in [0.1, 0.15) is 0 Å². The summed E-state index contributed by atoms with van der Waals surface area (Å²) in [5, 5.41) is 12.9. The van der Waals surface area contributed by atoms with Gasteiger partial charge >= 0.3 is 5.97 Å². The van der Waals surface area contributed by atoms with Crippen molar-refractivity contribution in [3.8, 4) is 0 Å². The topological polar surface area (TPSA) is 49.3 Å². The molecule has 3 heteroatoms. The second-order valence-electron chi connectivity index (χ2n) is 5.58. The highest BCUT2D eigenvalue weighted by molar-refractivity contribution is 5.76. The van der Waals surface area contributed by atoms with Crippen LogP contribution in [-0.2, 0) is 4.79 Å². The van der Waals surface area contributed by atoms with Crippen molar-refractivity contribution in [3.63, 3.8) is 0 Å². The number of aliphatic carboxylic acids is 1. The number of carboxylic acids is 1. The van der Waals surface area contributed by atoms with Crippen LogP contribution in [0.4, 0.5) is 0 Å². The molecule has 1 aromatic carbocycles. The minimum atomic E-state index is -0.748. The van der Waals surface area contributed by atoms with Crippen LogP contribution < -0.4 is 5.32 Å². The van der Waals surface area contributed by atoms with E-state index in [1.165, 1.54) is 25.7 Å². The molecule has 3 nitrogen and oxygen atoms in total. The van der Waals surface area contributed by atoms with Crippen molar-refractivity contribution in [2.24, 2.45) is 5.92 Å². The summed E-state index contributed by atoms with van der Waals surface area (Å²) in [6.07, 6.45) is 4.98. The van der Waals surface area contributed by atoms with Crippen LogP contribution in [0, 0.1) is 5.92 Å². The highest BCUT2D eigenvalue weighted by Gasteiger charge is 2.24. The SMILES string of the molecule is CC1CCCCC1NCC(C(=O)O)c1ccccc1. The zero-order valence-electron chi connectivity index (χ0n) is 11.5. The molecule has 104 valence electrons. The standard InChI is InChI=1S/C16H23NO2/c1-12-7-5-6-10-15(12)17-11-14(16(18)19)13-8-3-2-4-9-13/h2-4,8-9,12,14-15,17H,5-7,10-11H2,1H3,(H,18,19). The molecule has 3 unspecified atom stereocenters. The Hall–Kier alpha value is -1.35. The fraction of sp³-hybridized carbons (Fsp3) is 0.562. The van der Waals surface area contributed by atoms with Gasteiger partial charge in [-0.2, -0.15) is 0 Å². The molecule has 2 N–H and O–H groups in total. The molecular weight excluding hydrogens is 238 g/mol. The summed E-state index contributed by atoms with van der Waals surface area (Å²) < 4.78 is 0. The minimum Gasteiger partial charge on any atom is -0.481 e. The van der Waals surface area contributed by atoms with Gasteiger partial charge in [0.2, 0.25) is 0 Å². The van der Waals surface area contributed by atoms with Gasteiger partial charge in [0.05, 0.1) is 5.92 Å². The van der Waals surface area contributed by atoms with Crippen molar-refractivity contribution in [1.82, 2.24) is 5.32 Å². The predicted molar refractivity (Wildman–Crippen MR) is 76.2 cm³/mol. The second kappa shape index (κ2) is 6.71. The van der Waals surface area contributed by atoms with Gasteiger partial charge in [0.25, 0.3) is 0 Å². The molecule has 0 radical (unpaired) electrons. The van der Waals surface area contributed by atoms with Crippen LogP contribution in [0.3, 0.4) is 0 Å². The largest absolute Gasteiger partial charge is 0.481 e. The van der Waals surface area contributed by atoms with E-state index < -0.39 is 11.9 Å². The lowest BCUT2D eigenvalue weighted by Crippen LogP contribution is -2.40. The maximum absolute atomic E-state index is 11.4. The summed E-state index contributed by atoms with van der Waals surface area (Å²) in [5.41, 5.74) is 0.881. The van der Waals surface area contributed by atoms with E-state index in [9.17, 15) is 9.90 Å². The van der Waals surface area contributed by atoms with Gasteiger partial charge in [-0.25, -0.2) is 0 Å². The summed E-state index contributed by atoms with van der Waals surface area (Å²) in [4.78, 5) is 11.4. The number of rotatable bonds is 5. The van der Waals surface area contributed by atoms with Gasteiger partial charge in [0, 0.05) is 12.6 Å². The zero-order valence-corrected chi connectivity index (χ0v) is 11.5. The van der Waals surface area contributed by atoms with Crippen molar-refractivity contribution in [1.29, 1.82) is 0 Å². The molecule has 0 aromatic heterocycles. The Morgan fingerprint density at radius 1 is 1.32 bits per heavy atom. The van der Waals surface area contributed by atoms with Crippen molar-refractivity contribution in [2.75, 3.05) is 6.54 Å². The Kier molecular flexibility index (Phi) is 4.97. The van der Waals surface area contributed by atoms with E-state index in [0.29, 0.717) is 18.5 Å². The highest BCUT2D eigenvalue weighted by Crippen LogP contribution is 2.24. The Morgan fingerprint density at radius 2 is 2.00 bits per heavy atom. The molecule has 0 spiro atoms. The molecule has 0 saturated heterocycles. The van der Waals surface area contributed by atoms with Crippen LogP contribution in [0.1, 0.15) is 44.1 Å². The van der Waals surface area contributed by atoms with Gasteiger partial charge in [-0.05, 0) is 24.3 Å². The first-order valence-corrected chi connectivity index (χ1v) is 7.19. The van der Waals surface area contributed by atoms with Crippen molar-refractivity contribution >= 4 is 5.97 Å². The molecule has 2 rings (SSSR count). The fourth-order valence-electron chi connectivity index (χ4n) is 2.92. The van der Waals surface area contributed by atoms with Crippen LogP contribution in [0.5, 0.6) is 0 Å². The number of carbonyl (C=O) groups is 1. The molecular formula is C16H23NO2. The quantitative estimate of drug-likeness (QED) is 0.856. The maximum Gasteiger partial charge on any atom is 0.312 e. The molecule has 1 aromatic rings. The highest BCUT2D eigenvalue weighted by atomic mass is 16.4. The van der Waals surface area contributed by atoms with Gasteiger partial charge in [-0.1, -0.05) is 50.1 Å². The van der Waals surface area contributed by atoms with Crippen molar-refractivity contribution in [3.05, 3.63) is 35.9 Å². The average molecular weight is 261 g/mol. The average Bonchev–Trinajstić information content (AvgIpc) is 2.42. The van der Waals surface area contributed by atoms with Crippen LogP contribution in [0.15, 0.2) is 30.3 Å². The number of carboxylic acid groups (broad SMARTS) is 1. The van der Waals surface area contributed by atoms with Gasteiger partial charge in [-0.15, -0.1) is 0 Å². The number of hydrogen-bond donors (Lipinski definition) is 2. The lowest BCUT2D eigenvalue weighted by atomic mass is 9.85. The van der Waals surface area contributed by atoms with Crippen LogP contribution in [0.25, 0.3) is 0 Å². The lowest BCUT2D eigenvalue weighted by molar-refractivity contribution is -0.138. The molecule has 1 fully saturated rings. The normalized spacial score (nSPS) is 24.9. The number of hydrogen-bond acceptors (Lipinski definition) is 2. The Labute approximate surface area is 115 Å². The van der Waals surface area contributed by atoms with E-state index in [1.807, 2.05) is 30.3 Å². The van der Waals surface area contributed by atoms with Crippen LogP contribution >= 0.6 is 0 Å². The first-order valence-electron chi connectivity index (χ1n) is 7.19. The van der Waals surface area contributed by atoms with Gasteiger partial charge < -0.3 is 10.4 Å². The third-order valence-corrected chi connectivity index (χ3v) is 4.20. The molecule has 1 saturated carbocycles. The van der Waals surface area contributed by atoms with Crippen LogP contribution in [0.2, 0.25) is 0 Å². The third-order valence-electron chi connectivity index (χ3n) is 4.20. The van der Waals surface area contributed by atoms with Crippen LogP contribution in [-0.4, -0.2) is 23.7 Å². The molecule has 0 bridgehead atoms. The van der Waals surface area contributed by atoms with E-state index in [2.05, 4.69) is 12.2 Å². The smallest absolute Gasteiger partial charge is 0.312 e. The predicted octanol–water partition coefficient (Wildman–Crippen LogP) is 3.02. The number of benzene rings is 1. The molecule has 0 heterocycles. The minimum absolute atomic E-state index is 0.449. The summed E-state index contributed by atoms with van der Waals surface area (Å²) in [6.45, 7) is 2.78. The molecule has 0 aliphatic heterocycles. The van der Waals surface area contributed by atoms with Crippen molar-refractivity contribution < 1.29 is 9.90 Å². The summed E-state index contributed by atoms with van der Waals surface area (Å²) in [6, 6.07) is 9.97. The third kappa shape index (κ3) is 3.80. The Morgan fingerprint density at radius 3 is 2.63 bits per heavy atom. The summed E-state index contributed by atoms with van der Waals surface area (Å²) in [5.74, 6) is -0.545. The summed E-state index contributed by atoms with van der Waals surface area (Å²) in [7, 11) is 0. The first-order chi connectivity index (χ1) is 9.18. The van der Waals surface area contributed by atoms with Gasteiger partial charge in [-0.3, -0.25) is 4.79 Å². The Balaban J connectivity index is 1.96. The van der Waals surface area contributed by atoms with E-state index in [-0.39, 0.29) is 0 Å². The van der Waals surface area contributed by atoms with Crippen molar-refractivity contribution in [2.45, 2.75) is 44.6 Å². The van der Waals surface area contributed by atoms with E-state index in [0.717, 1.165) is 5.56 Å². The lowest BCUT2D eigenvalue weighted by Gasteiger charge is -2.30. The monoisotopic (exact) mass is 261 g/mol. The zero-order chi connectivity index (χ0) is 13.7. The van der Waals surface area contributed by atoms with E-state index in [4.69, 9.17) is 0 Å². The number of nitrogens with one attached hydrogen (secondary N) is 1. The van der Waals surface area contributed by atoms with E-state index in [1.54, 1.807) is 0 Å². The van der Waals surface area contributed by atoms with E-state index >= 15 is 0 Å². The molecule has 3 atom stereocenters. The first kappa shape index (κ1) is 14.1. The molecule has 0 amide bonds. The summed E-state index contributed by atoms with van der Waals surface area (Å²) >= 11 is 0. The fourth-order valence-corrected chi connectivity index (χ4v) is 2.92. The molecule has 19 heavy (non-hydrogen) atoms. The molecule has 1 aliphatic carbocycles. The maximum atomic E-state index is 11.4.